The van der Waals surface area contributed by atoms with E-state index in [9.17, 15) is 19.5 Å². The maximum atomic E-state index is 12.9. The molecule has 11 nitrogen and oxygen atoms in total. The molecule has 0 fully saturated rings. The summed E-state index contributed by atoms with van der Waals surface area (Å²) < 4.78 is 7.71. The van der Waals surface area contributed by atoms with E-state index in [0.29, 0.717) is 18.0 Å². The first-order valence-electron chi connectivity index (χ1n) is 9.44. The Morgan fingerprint density at radius 2 is 1.97 bits per heavy atom. The van der Waals surface area contributed by atoms with Crippen molar-refractivity contribution in [1.29, 1.82) is 0 Å². The fourth-order valence-corrected chi connectivity index (χ4v) is 2.99. The first-order chi connectivity index (χ1) is 14.8. The van der Waals surface area contributed by atoms with Gasteiger partial charge < -0.3 is 20.5 Å². The van der Waals surface area contributed by atoms with Crippen LogP contribution in [0.5, 0.6) is 5.75 Å². The van der Waals surface area contributed by atoms with Gasteiger partial charge in [-0.15, -0.1) is 0 Å². The summed E-state index contributed by atoms with van der Waals surface area (Å²) in [6, 6.07) is 7.23. The second-order valence-electron chi connectivity index (χ2n) is 6.54. The van der Waals surface area contributed by atoms with Crippen molar-refractivity contribution in [1.82, 2.24) is 19.6 Å². The maximum absolute atomic E-state index is 12.9. The number of anilines is 2. The number of hydrogen-bond donors (Lipinski definition) is 3. The van der Waals surface area contributed by atoms with E-state index in [0.717, 1.165) is 4.68 Å². The van der Waals surface area contributed by atoms with Gasteiger partial charge in [0.15, 0.2) is 0 Å². The highest BCUT2D eigenvalue weighted by molar-refractivity contribution is 6.09. The van der Waals surface area contributed by atoms with Crippen molar-refractivity contribution in [2.45, 2.75) is 26.4 Å². The molecule has 0 bridgehead atoms. The van der Waals surface area contributed by atoms with Crippen LogP contribution in [0.3, 0.4) is 0 Å². The molecular formula is C20H22N6O5. The molecule has 2 amide bonds. The summed E-state index contributed by atoms with van der Waals surface area (Å²) in [7, 11) is 1.53. The van der Waals surface area contributed by atoms with Crippen molar-refractivity contribution in [2.24, 2.45) is 0 Å². The normalized spacial score (nSPS) is 11.6. The van der Waals surface area contributed by atoms with E-state index in [1.807, 2.05) is 6.92 Å². The number of rotatable bonds is 8. The van der Waals surface area contributed by atoms with Gasteiger partial charge in [-0.05, 0) is 32.0 Å². The Labute approximate surface area is 177 Å². The van der Waals surface area contributed by atoms with Gasteiger partial charge in [-0.25, -0.2) is 9.48 Å². The van der Waals surface area contributed by atoms with Crippen LogP contribution in [0.25, 0.3) is 0 Å². The SMILES string of the molecule is CCn1ncc(NC(=O)C(C)n2nccc2C(=O)O)c1C(=O)Nc1cccc(OC)c1. The zero-order valence-corrected chi connectivity index (χ0v) is 17.2. The number of aromatic nitrogens is 4. The highest BCUT2D eigenvalue weighted by Gasteiger charge is 2.25. The third-order valence-electron chi connectivity index (χ3n) is 4.58. The van der Waals surface area contributed by atoms with E-state index in [1.165, 1.54) is 37.2 Å². The molecule has 11 heteroatoms. The lowest BCUT2D eigenvalue weighted by molar-refractivity contribution is -0.119. The number of carbonyl (C=O) groups excluding carboxylic acids is 2. The van der Waals surface area contributed by atoms with E-state index in [1.54, 1.807) is 24.3 Å². The summed E-state index contributed by atoms with van der Waals surface area (Å²) in [5, 5.41) is 22.7. The lowest BCUT2D eigenvalue weighted by atomic mass is 10.2. The summed E-state index contributed by atoms with van der Waals surface area (Å²) in [5.74, 6) is -1.63. The van der Waals surface area contributed by atoms with Crippen molar-refractivity contribution in [3.05, 3.63) is 54.1 Å². The molecule has 0 saturated heterocycles. The average Bonchev–Trinajstić information content (AvgIpc) is 3.40. The third kappa shape index (κ3) is 4.55. The monoisotopic (exact) mass is 426 g/mol. The van der Waals surface area contributed by atoms with E-state index in [4.69, 9.17) is 4.74 Å². The molecule has 1 aromatic carbocycles. The van der Waals surface area contributed by atoms with Crippen molar-refractivity contribution in [2.75, 3.05) is 17.7 Å². The van der Waals surface area contributed by atoms with Crippen molar-refractivity contribution < 1.29 is 24.2 Å². The Hall–Kier alpha value is -4.15. The van der Waals surface area contributed by atoms with Crippen LogP contribution in [-0.2, 0) is 11.3 Å². The number of nitrogens with zero attached hydrogens (tertiary/aromatic N) is 4. The number of carboxylic acid groups (broad SMARTS) is 1. The number of carboxylic acids is 1. The number of nitrogens with one attached hydrogen (secondary N) is 2. The molecule has 0 spiro atoms. The lowest BCUT2D eigenvalue weighted by Gasteiger charge is -2.15. The minimum Gasteiger partial charge on any atom is -0.497 e. The first kappa shape index (κ1) is 21.6. The predicted molar refractivity (Wildman–Crippen MR) is 111 cm³/mol. The molecule has 0 aliphatic rings. The highest BCUT2D eigenvalue weighted by atomic mass is 16.5. The lowest BCUT2D eigenvalue weighted by Crippen LogP contribution is -2.28. The number of ether oxygens (including phenoxy) is 1. The van der Waals surface area contributed by atoms with E-state index >= 15 is 0 Å². The van der Waals surface area contributed by atoms with Crippen LogP contribution < -0.4 is 15.4 Å². The second kappa shape index (κ2) is 9.11. The summed E-state index contributed by atoms with van der Waals surface area (Å²) in [6.45, 7) is 3.72. The molecular weight excluding hydrogens is 404 g/mol. The van der Waals surface area contributed by atoms with Gasteiger partial charge in [0.2, 0.25) is 5.91 Å². The van der Waals surface area contributed by atoms with Gasteiger partial charge in [0.1, 0.15) is 23.2 Å². The standard InChI is InChI=1S/C20H22N6O5/c1-4-25-17(19(28)23-13-6-5-7-14(10-13)31-3)15(11-22-25)24-18(27)12(2)26-16(20(29)30)8-9-21-26/h5-12H,4H2,1-3H3,(H,23,28)(H,24,27)(H,29,30). The van der Waals surface area contributed by atoms with Crippen LogP contribution in [0, 0.1) is 0 Å². The number of aryl methyl sites for hydroxylation is 1. The van der Waals surface area contributed by atoms with E-state index < -0.39 is 23.8 Å². The molecule has 3 rings (SSSR count). The number of hydrogen-bond acceptors (Lipinski definition) is 6. The Balaban J connectivity index is 1.83. The molecule has 3 aromatic rings. The quantitative estimate of drug-likeness (QED) is 0.502. The Morgan fingerprint density at radius 1 is 1.19 bits per heavy atom. The van der Waals surface area contributed by atoms with Crippen molar-refractivity contribution in [3.8, 4) is 5.75 Å². The number of aromatic carboxylic acids is 1. The highest BCUT2D eigenvalue weighted by Crippen LogP contribution is 2.22. The molecule has 2 aromatic heterocycles. The summed E-state index contributed by atoms with van der Waals surface area (Å²) in [6.07, 6.45) is 2.67. The Morgan fingerprint density at radius 3 is 2.65 bits per heavy atom. The average molecular weight is 426 g/mol. The van der Waals surface area contributed by atoms with Gasteiger partial charge in [-0.2, -0.15) is 10.2 Å². The third-order valence-corrected chi connectivity index (χ3v) is 4.58. The summed E-state index contributed by atoms with van der Waals surface area (Å²) >= 11 is 0. The van der Waals surface area contributed by atoms with Crippen molar-refractivity contribution in [3.63, 3.8) is 0 Å². The smallest absolute Gasteiger partial charge is 0.354 e. The fraction of sp³-hybridized carbons (Fsp3) is 0.250. The Kier molecular flexibility index (Phi) is 6.34. The molecule has 0 aliphatic heterocycles. The minimum absolute atomic E-state index is 0.122. The van der Waals surface area contributed by atoms with E-state index in [2.05, 4.69) is 20.8 Å². The number of amides is 2. The van der Waals surface area contributed by atoms with Gasteiger partial charge >= 0.3 is 5.97 Å². The van der Waals surface area contributed by atoms with Crippen LogP contribution in [-0.4, -0.2) is 49.6 Å². The topological polar surface area (TPSA) is 140 Å². The molecule has 1 unspecified atom stereocenters. The minimum atomic E-state index is -1.20. The van der Waals surface area contributed by atoms with Crippen LogP contribution in [0.2, 0.25) is 0 Å². The van der Waals surface area contributed by atoms with Gasteiger partial charge in [-0.3, -0.25) is 14.3 Å². The van der Waals surface area contributed by atoms with E-state index in [-0.39, 0.29) is 17.1 Å². The van der Waals surface area contributed by atoms with Crippen LogP contribution >= 0.6 is 0 Å². The van der Waals surface area contributed by atoms with Crippen LogP contribution in [0.1, 0.15) is 40.9 Å². The number of benzene rings is 1. The predicted octanol–water partition coefficient (Wildman–Crippen LogP) is 2.26. The first-order valence-corrected chi connectivity index (χ1v) is 9.44. The van der Waals surface area contributed by atoms with Gasteiger partial charge in [0, 0.05) is 24.5 Å². The molecule has 0 radical (unpaired) electrons. The molecule has 1 atom stereocenters. The molecule has 0 saturated carbocycles. The molecule has 3 N–H and O–H groups in total. The summed E-state index contributed by atoms with van der Waals surface area (Å²) in [4.78, 5) is 37.0. The molecule has 2 heterocycles. The maximum Gasteiger partial charge on any atom is 0.354 e. The van der Waals surface area contributed by atoms with Crippen molar-refractivity contribution >= 4 is 29.2 Å². The van der Waals surface area contributed by atoms with Gasteiger partial charge in [-0.1, -0.05) is 6.07 Å². The number of carbonyl (C=O) groups is 3. The van der Waals surface area contributed by atoms with Crippen LogP contribution in [0.4, 0.5) is 11.4 Å². The largest absolute Gasteiger partial charge is 0.497 e. The second-order valence-corrected chi connectivity index (χ2v) is 6.54. The zero-order valence-electron chi connectivity index (χ0n) is 17.2. The molecule has 162 valence electrons. The summed E-state index contributed by atoms with van der Waals surface area (Å²) in [5.41, 5.74) is 0.748. The van der Waals surface area contributed by atoms with Gasteiger partial charge in [0.05, 0.1) is 19.0 Å². The number of methoxy groups -OCH3 is 1. The molecule has 31 heavy (non-hydrogen) atoms. The van der Waals surface area contributed by atoms with Gasteiger partial charge in [0.25, 0.3) is 5.91 Å². The molecule has 0 aliphatic carbocycles. The zero-order chi connectivity index (χ0) is 22.5. The van der Waals surface area contributed by atoms with Crippen LogP contribution in [0.15, 0.2) is 42.7 Å². The fourth-order valence-electron chi connectivity index (χ4n) is 2.99. The Bertz CT molecular complexity index is 1120.